The number of methoxy groups -OCH3 is 1. The first-order valence-corrected chi connectivity index (χ1v) is 6.04. The Bertz CT molecular complexity index is 566. The van der Waals surface area contributed by atoms with E-state index in [-0.39, 0.29) is 11.8 Å². The van der Waals surface area contributed by atoms with Gasteiger partial charge in [-0.15, -0.1) is 0 Å². The second-order valence-electron chi connectivity index (χ2n) is 4.15. The van der Waals surface area contributed by atoms with Crippen LogP contribution in [0.4, 0.5) is 4.39 Å². The molecule has 0 fully saturated rings. The Labute approximate surface area is 110 Å². The minimum absolute atomic E-state index is 0.289. The lowest BCUT2D eigenvalue weighted by Crippen LogP contribution is -2.10. The predicted octanol–water partition coefficient (Wildman–Crippen LogP) is 2.44. The molecule has 0 aliphatic heterocycles. The molecule has 4 nitrogen and oxygen atoms in total. The molecule has 2 aromatic heterocycles. The summed E-state index contributed by atoms with van der Waals surface area (Å²) in [6.45, 7) is 0.638. The predicted molar refractivity (Wildman–Crippen MR) is 68.3 cm³/mol. The van der Waals surface area contributed by atoms with Crippen molar-refractivity contribution in [2.75, 3.05) is 7.11 Å². The number of hydrogen-bond donors (Lipinski definition) is 0. The van der Waals surface area contributed by atoms with Crippen LogP contribution in [0.3, 0.4) is 0 Å². The van der Waals surface area contributed by atoms with Crippen LogP contribution in [-0.4, -0.2) is 22.6 Å². The maximum absolute atomic E-state index is 13.4. The number of halogens is 1. The molecule has 0 bridgehead atoms. The zero-order valence-electron chi connectivity index (χ0n) is 10.7. The van der Waals surface area contributed by atoms with E-state index in [1.807, 2.05) is 10.8 Å². The van der Waals surface area contributed by atoms with Crippen LogP contribution in [0.1, 0.15) is 22.5 Å². The summed E-state index contributed by atoms with van der Waals surface area (Å²) in [5.41, 5.74) is 1.15. The molecule has 0 aliphatic rings. The third kappa shape index (κ3) is 3.19. The third-order valence-corrected chi connectivity index (χ3v) is 2.93. The van der Waals surface area contributed by atoms with Gasteiger partial charge < -0.3 is 9.30 Å². The summed E-state index contributed by atoms with van der Waals surface area (Å²) in [5.74, 6) is -0.650. The van der Waals surface area contributed by atoms with Crippen LogP contribution in [-0.2, 0) is 17.7 Å². The number of pyridine rings is 1. The topological polar surface area (TPSA) is 44.1 Å². The second kappa shape index (κ2) is 6.13. The van der Waals surface area contributed by atoms with Crippen molar-refractivity contribution in [1.29, 1.82) is 0 Å². The van der Waals surface area contributed by atoms with E-state index in [1.54, 1.807) is 24.4 Å². The van der Waals surface area contributed by atoms with Crippen LogP contribution in [0.15, 0.2) is 36.8 Å². The number of carbonyl (C=O) groups is 1. The van der Waals surface area contributed by atoms with Crippen molar-refractivity contribution in [1.82, 2.24) is 9.55 Å². The molecular formula is C14H15FN2O2. The first kappa shape index (κ1) is 13.3. The molecule has 2 aromatic rings. The number of aromatic nitrogens is 2. The monoisotopic (exact) mass is 262 g/mol. The first-order chi connectivity index (χ1) is 9.22. The number of hydrogen-bond acceptors (Lipinski definition) is 3. The van der Waals surface area contributed by atoms with Gasteiger partial charge >= 0.3 is 5.97 Å². The zero-order chi connectivity index (χ0) is 13.7. The lowest BCUT2D eigenvalue weighted by molar-refractivity contribution is 0.0588. The summed E-state index contributed by atoms with van der Waals surface area (Å²) in [5, 5.41) is 0. The van der Waals surface area contributed by atoms with Crippen molar-refractivity contribution in [3.05, 3.63) is 53.9 Å². The fourth-order valence-electron chi connectivity index (χ4n) is 1.95. The average molecular weight is 262 g/mol. The maximum Gasteiger partial charge on any atom is 0.354 e. The van der Waals surface area contributed by atoms with E-state index in [2.05, 4.69) is 4.98 Å². The Balaban J connectivity index is 1.95. The zero-order valence-corrected chi connectivity index (χ0v) is 10.7. The van der Waals surface area contributed by atoms with Crippen LogP contribution in [0.25, 0.3) is 0 Å². The molecule has 0 unspecified atom stereocenters. The van der Waals surface area contributed by atoms with Crippen LogP contribution in [0.5, 0.6) is 0 Å². The van der Waals surface area contributed by atoms with Crippen LogP contribution in [0.2, 0.25) is 0 Å². The smallest absolute Gasteiger partial charge is 0.354 e. The van der Waals surface area contributed by atoms with Crippen molar-refractivity contribution in [2.45, 2.75) is 19.4 Å². The van der Waals surface area contributed by atoms with Gasteiger partial charge in [-0.2, -0.15) is 0 Å². The van der Waals surface area contributed by atoms with E-state index < -0.39 is 0 Å². The summed E-state index contributed by atoms with van der Waals surface area (Å²) < 4.78 is 19.9. The molecule has 5 heteroatoms. The molecule has 2 heterocycles. The summed E-state index contributed by atoms with van der Waals surface area (Å²) >= 11 is 0. The number of rotatable bonds is 5. The molecule has 0 radical (unpaired) electrons. The van der Waals surface area contributed by atoms with Crippen molar-refractivity contribution >= 4 is 5.97 Å². The van der Waals surface area contributed by atoms with E-state index in [9.17, 15) is 9.18 Å². The summed E-state index contributed by atoms with van der Waals surface area (Å²) in [6, 6.07) is 5.17. The number of nitrogens with zero attached hydrogens (tertiary/aromatic N) is 2. The number of aryl methyl sites for hydroxylation is 2. The Kier molecular flexibility index (Phi) is 4.28. The van der Waals surface area contributed by atoms with Crippen molar-refractivity contribution < 1.29 is 13.9 Å². The van der Waals surface area contributed by atoms with Gasteiger partial charge in [0.25, 0.3) is 0 Å². The van der Waals surface area contributed by atoms with Gasteiger partial charge in [0.2, 0.25) is 0 Å². The van der Waals surface area contributed by atoms with E-state index >= 15 is 0 Å². The number of carbonyl (C=O) groups excluding carboxylic acids is 1. The summed E-state index contributed by atoms with van der Waals surface area (Å²) in [7, 11) is 1.35. The van der Waals surface area contributed by atoms with Gasteiger partial charge in [0.15, 0.2) is 0 Å². The Morgan fingerprint density at radius 3 is 3.05 bits per heavy atom. The highest BCUT2D eigenvalue weighted by molar-refractivity contribution is 5.87. The fraction of sp³-hybridized carbons (Fsp3) is 0.286. The standard InChI is InChI=1S/C14H15FN2O2/c1-19-14(18)13-5-3-9-17(13)8-2-4-11-6-7-16-10-12(11)15/h3,5-7,9-10H,2,4,8H2,1H3. The molecule has 19 heavy (non-hydrogen) atoms. The molecule has 0 N–H and O–H groups in total. The quantitative estimate of drug-likeness (QED) is 0.777. The van der Waals surface area contributed by atoms with Gasteiger partial charge in [-0.1, -0.05) is 0 Å². The van der Waals surface area contributed by atoms with Crippen molar-refractivity contribution in [3.63, 3.8) is 0 Å². The minimum Gasteiger partial charge on any atom is -0.464 e. The highest BCUT2D eigenvalue weighted by Gasteiger charge is 2.10. The molecule has 0 atom stereocenters. The molecule has 0 saturated heterocycles. The van der Waals surface area contributed by atoms with Crippen LogP contribution < -0.4 is 0 Å². The van der Waals surface area contributed by atoms with Gasteiger partial charge in [-0.25, -0.2) is 9.18 Å². The van der Waals surface area contributed by atoms with Gasteiger partial charge in [0.1, 0.15) is 11.5 Å². The highest BCUT2D eigenvalue weighted by atomic mass is 19.1. The molecule has 0 saturated carbocycles. The molecule has 0 aromatic carbocycles. The van der Waals surface area contributed by atoms with Gasteiger partial charge in [-0.3, -0.25) is 4.98 Å². The minimum atomic E-state index is -0.361. The molecular weight excluding hydrogens is 247 g/mol. The lowest BCUT2D eigenvalue weighted by atomic mass is 10.1. The van der Waals surface area contributed by atoms with E-state index in [0.29, 0.717) is 24.2 Å². The molecule has 0 aliphatic carbocycles. The van der Waals surface area contributed by atoms with Gasteiger partial charge in [-0.05, 0) is 36.6 Å². The normalized spacial score (nSPS) is 10.4. The van der Waals surface area contributed by atoms with E-state index in [0.717, 1.165) is 6.42 Å². The average Bonchev–Trinajstić information content (AvgIpc) is 2.88. The van der Waals surface area contributed by atoms with Gasteiger partial charge in [0, 0.05) is 18.9 Å². The summed E-state index contributed by atoms with van der Waals surface area (Å²) in [4.78, 5) is 15.2. The van der Waals surface area contributed by atoms with Gasteiger partial charge in [0.05, 0.1) is 13.3 Å². The SMILES string of the molecule is COC(=O)c1cccn1CCCc1ccncc1F. The third-order valence-electron chi connectivity index (χ3n) is 2.93. The largest absolute Gasteiger partial charge is 0.464 e. The molecule has 0 amide bonds. The van der Waals surface area contributed by atoms with Crippen molar-refractivity contribution in [3.8, 4) is 0 Å². The maximum atomic E-state index is 13.4. The van der Waals surface area contributed by atoms with Crippen molar-refractivity contribution in [2.24, 2.45) is 0 Å². The van der Waals surface area contributed by atoms with Crippen LogP contribution in [0, 0.1) is 5.82 Å². The van der Waals surface area contributed by atoms with Crippen LogP contribution >= 0.6 is 0 Å². The Morgan fingerprint density at radius 1 is 1.47 bits per heavy atom. The molecule has 2 rings (SSSR count). The first-order valence-electron chi connectivity index (χ1n) is 6.04. The number of esters is 1. The number of ether oxygens (including phenoxy) is 1. The Hall–Kier alpha value is -2.17. The molecule has 0 spiro atoms. The Morgan fingerprint density at radius 2 is 2.32 bits per heavy atom. The second-order valence-corrected chi connectivity index (χ2v) is 4.15. The van der Waals surface area contributed by atoms with E-state index in [1.165, 1.54) is 13.3 Å². The van der Waals surface area contributed by atoms with E-state index in [4.69, 9.17) is 4.74 Å². The lowest BCUT2D eigenvalue weighted by Gasteiger charge is -2.08. The fourth-order valence-corrected chi connectivity index (χ4v) is 1.95. The highest BCUT2D eigenvalue weighted by Crippen LogP contribution is 2.10. The summed E-state index contributed by atoms with van der Waals surface area (Å²) in [6.07, 6.45) is 5.95. The molecule has 100 valence electrons.